The second-order valence-electron chi connectivity index (χ2n) is 4.52. The molecule has 0 saturated carbocycles. The third kappa shape index (κ3) is 2.66. The van der Waals surface area contributed by atoms with E-state index in [1.165, 1.54) is 10.9 Å². The van der Waals surface area contributed by atoms with Crippen molar-refractivity contribution in [3.63, 3.8) is 0 Å². The third-order valence-corrected chi connectivity index (χ3v) is 3.01. The van der Waals surface area contributed by atoms with Gasteiger partial charge in [-0.2, -0.15) is 9.78 Å². The molecule has 0 bridgehead atoms. The number of amides is 1. The smallest absolute Gasteiger partial charge is 0.293 e. The lowest BCUT2D eigenvalue weighted by Crippen LogP contribution is -2.20. The van der Waals surface area contributed by atoms with Crippen molar-refractivity contribution in [2.75, 3.05) is 5.73 Å². The number of furan rings is 1. The molecule has 11 heteroatoms. The Hall–Kier alpha value is -3.50. The molecule has 3 aromatic heterocycles. The predicted octanol–water partition coefficient (Wildman–Crippen LogP) is 0.288. The summed E-state index contributed by atoms with van der Waals surface area (Å²) in [6.45, 7) is 3.33. The zero-order valence-electron chi connectivity index (χ0n) is 12.2. The van der Waals surface area contributed by atoms with Crippen molar-refractivity contribution in [1.29, 1.82) is 0 Å². The average Bonchev–Trinajstić information content (AvgIpc) is 3.25. The first kappa shape index (κ1) is 14.4. The molecule has 0 aliphatic rings. The van der Waals surface area contributed by atoms with Crippen molar-refractivity contribution in [2.24, 2.45) is 5.10 Å². The molecule has 3 N–H and O–H groups in total. The second kappa shape index (κ2) is 5.71. The number of nitrogen functional groups attached to an aromatic ring is 1. The fourth-order valence-electron chi connectivity index (χ4n) is 1.81. The van der Waals surface area contributed by atoms with Gasteiger partial charge in [0.1, 0.15) is 11.5 Å². The van der Waals surface area contributed by atoms with Crippen molar-refractivity contribution < 1.29 is 13.8 Å². The fourth-order valence-corrected chi connectivity index (χ4v) is 1.81. The fraction of sp³-hybridized carbons (Fsp3) is 0.167. The number of aromatic nitrogens is 5. The van der Waals surface area contributed by atoms with Crippen LogP contribution in [-0.2, 0) is 0 Å². The molecular formula is C12H12N8O3. The Balaban J connectivity index is 1.80. The van der Waals surface area contributed by atoms with Gasteiger partial charge in [-0.15, -0.1) is 5.10 Å². The van der Waals surface area contributed by atoms with Crippen LogP contribution in [0.4, 0.5) is 5.82 Å². The number of hydrogen-bond donors (Lipinski definition) is 2. The molecule has 0 spiro atoms. The van der Waals surface area contributed by atoms with E-state index in [2.05, 4.69) is 35.8 Å². The van der Waals surface area contributed by atoms with Crippen LogP contribution < -0.4 is 11.2 Å². The quantitative estimate of drug-likeness (QED) is 0.515. The lowest BCUT2D eigenvalue weighted by molar-refractivity contribution is 0.0949. The Morgan fingerprint density at radius 1 is 1.43 bits per heavy atom. The largest absolute Gasteiger partial charge is 0.463 e. The number of rotatable bonds is 4. The third-order valence-electron chi connectivity index (χ3n) is 3.01. The number of carbonyl (C=O) groups excluding carboxylic acids is 1. The zero-order valence-corrected chi connectivity index (χ0v) is 12.2. The van der Waals surface area contributed by atoms with Crippen LogP contribution in [-0.4, -0.2) is 36.9 Å². The molecule has 118 valence electrons. The second-order valence-corrected chi connectivity index (χ2v) is 4.52. The molecule has 0 aromatic carbocycles. The highest BCUT2D eigenvalue weighted by Gasteiger charge is 2.20. The van der Waals surface area contributed by atoms with Gasteiger partial charge in [0.05, 0.1) is 12.0 Å². The molecule has 23 heavy (non-hydrogen) atoms. The number of anilines is 1. The summed E-state index contributed by atoms with van der Waals surface area (Å²) in [6.07, 6.45) is 1.52. The molecule has 0 aliphatic heterocycles. The number of nitrogens with zero attached hydrogens (tertiary/aromatic N) is 6. The molecule has 3 heterocycles. The minimum Gasteiger partial charge on any atom is -0.463 e. The SMILES string of the molecule is C/C(=N/NC(=O)c1nnn(-c2nonc2N)c1C)c1ccco1. The van der Waals surface area contributed by atoms with Crippen LogP contribution in [0.5, 0.6) is 0 Å². The maximum absolute atomic E-state index is 12.2. The van der Waals surface area contributed by atoms with Crippen LogP contribution in [0.3, 0.4) is 0 Å². The standard InChI is InChI=1S/C12H12N8O3/c1-6(8-4-3-5-22-8)14-16-12(21)9-7(2)20(19-15-9)11-10(13)17-23-18-11/h3-5H,1-2H3,(H2,13,17)(H,16,21)/b14-6-. The summed E-state index contributed by atoms with van der Waals surface area (Å²) < 4.78 is 10.9. The number of hydrogen-bond acceptors (Lipinski definition) is 9. The Bertz CT molecular complexity index is 861. The Morgan fingerprint density at radius 2 is 2.26 bits per heavy atom. The lowest BCUT2D eigenvalue weighted by Gasteiger charge is -2.00. The van der Waals surface area contributed by atoms with Crippen molar-refractivity contribution in [3.8, 4) is 5.82 Å². The first-order valence-electron chi connectivity index (χ1n) is 6.47. The Kier molecular flexibility index (Phi) is 3.58. The monoisotopic (exact) mass is 316 g/mol. The van der Waals surface area contributed by atoms with Crippen LogP contribution in [0.1, 0.15) is 28.9 Å². The minimum absolute atomic E-state index is 0.0386. The van der Waals surface area contributed by atoms with Gasteiger partial charge in [-0.3, -0.25) is 4.79 Å². The van der Waals surface area contributed by atoms with E-state index in [-0.39, 0.29) is 17.3 Å². The summed E-state index contributed by atoms with van der Waals surface area (Å²) in [7, 11) is 0. The van der Waals surface area contributed by atoms with E-state index in [0.717, 1.165) is 0 Å². The highest BCUT2D eigenvalue weighted by molar-refractivity contribution is 5.98. The Morgan fingerprint density at radius 3 is 2.91 bits per heavy atom. The summed E-state index contributed by atoms with van der Waals surface area (Å²) >= 11 is 0. The van der Waals surface area contributed by atoms with Crippen molar-refractivity contribution in [3.05, 3.63) is 35.5 Å². The van der Waals surface area contributed by atoms with Gasteiger partial charge in [0.25, 0.3) is 5.91 Å². The van der Waals surface area contributed by atoms with E-state index in [1.54, 1.807) is 26.0 Å². The molecule has 0 unspecified atom stereocenters. The van der Waals surface area contributed by atoms with Crippen LogP contribution in [0, 0.1) is 6.92 Å². The average molecular weight is 316 g/mol. The predicted molar refractivity (Wildman–Crippen MR) is 76.7 cm³/mol. The van der Waals surface area contributed by atoms with E-state index in [1.807, 2.05) is 0 Å². The highest BCUT2D eigenvalue weighted by Crippen LogP contribution is 2.14. The number of carbonyl (C=O) groups is 1. The van der Waals surface area contributed by atoms with Gasteiger partial charge < -0.3 is 10.2 Å². The maximum atomic E-state index is 12.2. The lowest BCUT2D eigenvalue weighted by atomic mass is 10.3. The van der Waals surface area contributed by atoms with E-state index in [0.29, 0.717) is 17.2 Å². The minimum atomic E-state index is -0.533. The summed E-state index contributed by atoms with van der Waals surface area (Å²) in [4.78, 5) is 12.2. The van der Waals surface area contributed by atoms with E-state index < -0.39 is 5.91 Å². The molecule has 0 saturated heterocycles. The van der Waals surface area contributed by atoms with Gasteiger partial charge in [-0.1, -0.05) is 5.21 Å². The molecule has 1 amide bonds. The van der Waals surface area contributed by atoms with Gasteiger partial charge in [-0.05, 0) is 36.3 Å². The van der Waals surface area contributed by atoms with E-state index in [4.69, 9.17) is 10.2 Å². The molecule has 3 aromatic rings. The molecule has 0 radical (unpaired) electrons. The van der Waals surface area contributed by atoms with Gasteiger partial charge in [0, 0.05) is 0 Å². The number of nitrogens with one attached hydrogen (secondary N) is 1. The van der Waals surface area contributed by atoms with Crippen molar-refractivity contribution >= 4 is 17.4 Å². The van der Waals surface area contributed by atoms with Crippen LogP contribution in [0.15, 0.2) is 32.5 Å². The van der Waals surface area contributed by atoms with Crippen LogP contribution in [0.25, 0.3) is 5.82 Å². The van der Waals surface area contributed by atoms with Gasteiger partial charge in [0.15, 0.2) is 5.69 Å². The number of nitrogens with two attached hydrogens (primary N) is 1. The van der Waals surface area contributed by atoms with E-state index >= 15 is 0 Å². The normalized spacial score (nSPS) is 11.7. The van der Waals surface area contributed by atoms with Crippen molar-refractivity contribution in [2.45, 2.75) is 13.8 Å². The summed E-state index contributed by atoms with van der Waals surface area (Å²) in [5, 5.41) is 18.6. The van der Waals surface area contributed by atoms with Crippen molar-refractivity contribution in [1.82, 2.24) is 30.7 Å². The summed E-state index contributed by atoms with van der Waals surface area (Å²) in [6, 6.07) is 3.45. The molecular weight excluding hydrogens is 304 g/mol. The number of hydrazone groups is 1. The molecule has 0 fully saturated rings. The summed E-state index contributed by atoms with van der Waals surface area (Å²) in [5.41, 5.74) is 8.97. The zero-order chi connectivity index (χ0) is 16.4. The first-order chi connectivity index (χ1) is 11.1. The molecule has 3 rings (SSSR count). The van der Waals surface area contributed by atoms with Gasteiger partial charge in [0.2, 0.25) is 11.6 Å². The van der Waals surface area contributed by atoms with Gasteiger partial charge in [-0.25, -0.2) is 10.1 Å². The molecule has 11 nitrogen and oxygen atoms in total. The molecule has 0 atom stereocenters. The topological polar surface area (TPSA) is 150 Å². The first-order valence-corrected chi connectivity index (χ1v) is 6.47. The van der Waals surface area contributed by atoms with E-state index in [9.17, 15) is 4.79 Å². The summed E-state index contributed by atoms with van der Waals surface area (Å²) in [5.74, 6) is 0.211. The Labute approximate surface area is 129 Å². The van der Waals surface area contributed by atoms with Crippen LogP contribution >= 0.6 is 0 Å². The maximum Gasteiger partial charge on any atom is 0.293 e. The van der Waals surface area contributed by atoms with Crippen LogP contribution in [0.2, 0.25) is 0 Å². The molecule has 0 aliphatic carbocycles. The van der Waals surface area contributed by atoms with Gasteiger partial charge >= 0.3 is 0 Å². The highest BCUT2D eigenvalue weighted by atomic mass is 16.6.